The van der Waals surface area contributed by atoms with Gasteiger partial charge in [0, 0.05) is 17.7 Å². The summed E-state index contributed by atoms with van der Waals surface area (Å²) in [6.07, 6.45) is 1.27. The van der Waals surface area contributed by atoms with Crippen LogP contribution in [0.1, 0.15) is 23.2 Å². The van der Waals surface area contributed by atoms with Gasteiger partial charge in [0.05, 0.1) is 16.5 Å². The molecule has 3 rings (SSSR count). The predicted molar refractivity (Wildman–Crippen MR) is 74.2 cm³/mol. The van der Waals surface area contributed by atoms with Gasteiger partial charge < -0.3 is 10.3 Å². The van der Waals surface area contributed by atoms with Crippen molar-refractivity contribution in [3.05, 3.63) is 16.2 Å². The molecule has 0 radical (unpaired) electrons. The SMILES string of the molecule is NCCc1nc(-c2nc(C3CCS(=O)(=O)C3)no2)cs1. The van der Waals surface area contributed by atoms with E-state index in [-0.39, 0.29) is 17.4 Å². The molecular formula is C11H14N4O3S2. The lowest BCUT2D eigenvalue weighted by Crippen LogP contribution is -2.05. The highest BCUT2D eigenvalue weighted by atomic mass is 32.2. The van der Waals surface area contributed by atoms with E-state index in [0.717, 1.165) is 5.01 Å². The number of aromatic nitrogens is 3. The van der Waals surface area contributed by atoms with Crippen LogP contribution < -0.4 is 5.73 Å². The Morgan fingerprint density at radius 1 is 1.45 bits per heavy atom. The Labute approximate surface area is 120 Å². The van der Waals surface area contributed by atoms with Crippen LogP contribution in [0.5, 0.6) is 0 Å². The van der Waals surface area contributed by atoms with E-state index in [1.165, 1.54) is 11.3 Å². The summed E-state index contributed by atoms with van der Waals surface area (Å²) in [5.41, 5.74) is 6.10. The van der Waals surface area contributed by atoms with E-state index in [9.17, 15) is 8.42 Å². The fraction of sp³-hybridized carbons (Fsp3) is 0.545. The van der Waals surface area contributed by atoms with Crippen molar-refractivity contribution >= 4 is 21.2 Å². The molecule has 7 nitrogen and oxygen atoms in total. The van der Waals surface area contributed by atoms with Crippen molar-refractivity contribution in [1.29, 1.82) is 0 Å². The monoisotopic (exact) mass is 314 g/mol. The topological polar surface area (TPSA) is 112 Å². The van der Waals surface area contributed by atoms with Crippen LogP contribution in [0, 0.1) is 0 Å². The molecular weight excluding hydrogens is 300 g/mol. The molecule has 108 valence electrons. The third-order valence-electron chi connectivity index (χ3n) is 3.17. The van der Waals surface area contributed by atoms with Gasteiger partial charge in [-0.15, -0.1) is 11.3 Å². The molecule has 2 aromatic heterocycles. The Morgan fingerprint density at radius 2 is 2.30 bits per heavy atom. The van der Waals surface area contributed by atoms with E-state index < -0.39 is 9.84 Å². The van der Waals surface area contributed by atoms with Crippen LogP contribution >= 0.6 is 11.3 Å². The summed E-state index contributed by atoms with van der Waals surface area (Å²) in [6.45, 7) is 0.544. The Bertz CT molecular complexity index is 707. The van der Waals surface area contributed by atoms with Crippen molar-refractivity contribution in [1.82, 2.24) is 15.1 Å². The first kappa shape index (κ1) is 13.7. The molecule has 20 heavy (non-hydrogen) atoms. The number of hydrogen-bond donors (Lipinski definition) is 1. The van der Waals surface area contributed by atoms with Crippen molar-refractivity contribution in [2.24, 2.45) is 5.73 Å². The number of rotatable bonds is 4. The van der Waals surface area contributed by atoms with Crippen LogP contribution in [0.15, 0.2) is 9.90 Å². The number of sulfone groups is 1. The van der Waals surface area contributed by atoms with E-state index in [2.05, 4.69) is 15.1 Å². The minimum Gasteiger partial charge on any atom is -0.332 e. The maximum absolute atomic E-state index is 11.5. The molecule has 2 N–H and O–H groups in total. The molecule has 0 aliphatic carbocycles. The first-order chi connectivity index (χ1) is 9.57. The van der Waals surface area contributed by atoms with E-state index in [1.807, 2.05) is 5.38 Å². The molecule has 9 heteroatoms. The van der Waals surface area contributed by atoms with Gasteiger partial charge >= 0.3 is 0 Å². The maximum atomic E-state index is 11.5. The van der Waals surface area contributed by atoms with E-state index in [4.69, 9.17) is 10.3 Å². The summed E-state index contributed by atoms with van der Waals surface area (Å²) in [4.78, 5) is 8.64. The van der Waals surface area contributed by atoms with E-state index >= 15 is 0 Å². The summed E-state index contributed by atoms with van der Waals surface area (Å²) in [7, 11) is -2.95. The van der Waals surface area contributed by atoms with Crippen LogP contribution in [0.25, 0.3) is 11.6 Å². The molecule has 0 spiro atoms. The van der Waals surface area contributed by atoms with Crippen LogP contribution in [-0.2, 0) is 16.3 Å². The van der Waals surface area contributed by atoms with E-state index in [1.54, 1.807) is 0 Å². The normalized spacial score (nSPS) is 21.4. The van der Waals surface area contributed by atoms with Crippen LogP contribution in [0.4, 0.5) is 0 Å². The van der Waals surface area contributed by atoms with Crippen LogP contribution in [-0.4, -0.2) is 41.6 Å². The number of thiazole rings is 1. The smallest absolute Gasteiger partial charge is 0.277 e. The van der Waals surface area contributed by atoms with Gasteiger partial charge in [0.15, 0.2) is 15.7 Å². The maximum Gasteiger partial charge on any atom is 0.277 e. The average molecular weight is 314 g/mol. The Kier molecular flexibility index (Phi) is 3.57. The first-order valence-corrected chi connectivity index (χ1v) is 8.96. The van der Waals surface area contributed by atoms with Crippen molar-refractivity contribution in [2.75, 3.05) is 18.1 Å². The quantitative estimate of drug-likeness (QED) is 0.879. The highest BCUT2D eigenvalue weighted by molar-refractivity contribution is 7.91. The van der Waals surface area contributed by atoms with Gasteiger partial charge in [-0.1, -0.05) is 5.16 Å². The molecule has 0 amide bonds. The fourth-order valence-electron chi connectivity index (χ4n) is 2.15. The molecule has 1 fully saturated rings. The minimum atomic E-state index is -2.95. The third kappa shape index (κ3) is 2.74. The molecule has 1 aliphatic rings. The van der Waals surface area contributed by atoms with Crippen molar-refractivity contribution < 1.29 is 12.9 Å². The molecule has 0 aromatic carbocycles. The minimum absolute atomic E-state index is 0.0987. The summed E-state index contributed by atoms with van der Waals surface area (Å²) in [5, 5.41) is 6.65. The standard InChI is InChI=1S/C11H14N4O3S2/c12-3-1-9-13-8(5-19-9)11-14-10(15-18-11)7-2-4-20(16,17)6-7/h5,7H,1-4,6,12H2. The lowest BCUT2D eigenvalue weighted by Gasteiger charge is -1.97. The second kappa shape index (κ2) is 5.23. The zero-order valence-corrected chi connectivity index (χ0v) is 12.3. The summed E-state index contributed by atoms with van der Waals surface area (Å²) >= 11 is 1.50. The number of nitrogens with two attached hydrogens (primary N) is 1. The van der Waals surface area contributed by atoms with Crippen molar-refractivity contribution in [3.8, 4) is 11.6 Å². The molecule has 3 heterocycles. The largest absolute Gasteiger partial charge is 0.332 e. The molecule has 0 saturated carbocycles. The molecule has 1 atom stereocenters. The zero-order valence-electron chi connectivity index (χ0n) is 10.7. The Morgan fingerprint density at radius 3 is 3.00 bits per heavy atom. The lowest BCUT2D eigenvalue weighted by atomic mass is 10.1. The number of nitrogens with zero attached hydrogens (tertiary/aromatic N) is 3. The summed E-state index contributed by atoms with van der Waals surface area (Å²) in [5.74, 6) is 0.915. The predicted octanol–water partition coefficient (Wildman–Crippen LogP) is 0.596. The van der Waals surface area contributed by atoms with Gasteiger partial charge in [-0.25, -0.2) is 13.4 Å². The molecule has 1 aliphatic heterocycles. The van der Waals surface area contributed by atoms with Gasteiger partial charge in [-0.3, -0.25) is 0 Å². The highest BCUT2D eigenvalue weighted by Crippen LogP contribution is 2.29. The van der Waals surface area contributed by atoms with Gasteiger partial charge in [-0.2, -0.15) is 4.98 Å². The van der Waals surface area contributed by atoms with Gasteiger partial charge in [0.1, 0.15) is 5.69 Å². The molecule has 2 aromatic rings. The first-order valence-electron chi connectivity index (χ1n) is 6.26. The summed E-state index contributed by atoms with van der Waals surface area (Å²) < 4.78 is 28.1. The van der Waals surface area contributed by atoms with Crippen molar-refractivity contribution in [2.45, 2.75) is 18.8 Å². The third-order valence-corrected chi connectivity index (χ3v) is 5.84. The van der Waals surface area contributed by atoms with E-state index in [0.29, 0.717) is 36.8 Å². The van der Waals surface area contributed by atoms with Crippen molar-refractivity contribution in [3.63, 3.8) is 0 Å². The molecule has 1 unspecified atom stereocenters. The zero-order chi connectivity index (χ0) is 14.2. The van der Waals surface area contributed by atoms with Gasteiger partial charge in [-0.05, 0) is 13.0 Å². The Balaban J connectivity index is 1.79. The van der Waals surface area contributed by atoms with Gasteiger partial charge in [0.2, 0.25) is 0 Å². The van der Waals surface area contributed by atoms with Gasteiger partial charge in [0.25, 0.3) is 5.89 Å². The summed E-state index contributed by atoms with van der Waals surface area (Å²) in [6, 6.07) is 0. The molecule has 0 bridgehead atoms. The average Bonchev–Trinajstić information content (AvgIpc) is 3.07. The second-order valence-corrected chi connectivity index (χ2v) is 7.89. The van der Waals surface area contributed by atoms with Crippen LogP contribution in [0.3, 0.4) is 0 Å². The highest BCUT2D eigenvalue weighted by Gasteiger charge is 2.32. The van der Waals surface area contributed by atoms with Crippen LogP contribution in [0.2, 0.25) is 0 Å². The second-order valence-electron chi connectivity index (χ2n) is 4.72. The lowest BCUT2D eigenvalue weighted by molar-refractivity contribution is 0.417. The molecule has 1 saturated heterocycles. The fourth-order valence-corrected chi connectivity index (χ4v) is 4.68. The number of hydrogen-bond acceptors (Lipinski definition) is 8. The Hall–Kier alpha value is -1.32.